The molecule has 0 aliphatic carbocycles. The van der Waals surface area contributed by atoms with Crippen LogP contribution in [0, 0.1) is 12.7 Å². The lowest BCUT2D eigenvalue weighted by molar-refractivity contribution is 0.601. The summed E-state index contributed by atoms with van der Waals surface area (Å²) in [6, 6.07) is 6.14. The summed E-state index contributed by atoms with van der Waals surface area (Å²) in [7, 11) is -7.55. The fraction of sp³-hybridized carbons (Fsp3) is 0.167. The molecule has 0 radical (unpaired) electrons. The number of rotatable bonds is 5. The molecule has 22 heavy (non-hydrogen) atoms. The predicted molar refractivity (Wildman–Crippen MR) is 84.7 cm³/mol. The standard InChI is InChI=1S/C12H13FN2O4S3/c1-8-3-6-12(20-8)22(18,19)15-11-7-9(13)4-5-10(11)14-21(2,16)17/h3-7,14-15H,1-2H3. The quantitative estimate of drug-likeness (QED) is 0.852. The molecule has 2 aromatic rings. The van der Waals surface area contributed by atoms with E-state index in [9.17, 15) is 21.2 Å². The van der Waals surface area contributed by atoms with Crippen molar-refractivity contribution < 1.29 is 21.2 Å². The molecule has 0 amide bonds. The molecule has 1 aromatic heterocycles. The molecule has 0 fully saturated rings. The second-order valence-corrected chi connectivity index (χ2v) is 9.48. The van der Waals surface area contributed by atoms with E-state index in [1.54, 1.807) is 13.0 Å². The summed E-state index contributed by atoms with van der Waals surface area (Å²) in [6.45, 7) is 1.75. The highest BCUT2D eigenvalue weighted by atomic mass is 32.2. The van der Waals surface area contributed by atoms with Crippen molar-refractivity contribution in [1.29, 1.82) is 0 Å². The summed E-state index contributed by atoms with van der Waals surface area (Å²) in [5, 5.41) is 0. The van der Waals surface area contributed by atoms with Gasteiger partial charge in [-0.05, 0) is 31.2 Å². The zero-order valence-electron chi connectivity index (χ0n) is 11.6. The van der Waals surface area contributed by atoms with Gasteiger partial charge in [0.2, 0.25) is 10.0 Å². The third-order valence-corrected chi connectivity index (χ3v) is 5.95. The first-order valence-corrected chi connectivity index (χ1v) is 10.1. The van der Waals surface area contributed by atoms with Crippen molar-refractivity contribution in [3.63, 3.8) is 0 Å². The van der Waals surface area contributed by atoms with Gasteiger partial charge in [0.05, 0.1) is 17.6 Å². The van der Waals surface area contributed by atoms with Crippen LogP contribution in [-0.4, -0.2) is 23.1 Å². The van der Waals surface area contributed by atoms with E-state index in [1.165, 1.54) is 6.07 Å². The Morgan fingerprint density at radius 1 is 1.00 bits per heavy atom. The third kappa shape index (κ3) is 4.18. The molecule has 2 N–H and O–H groups in total. The first kappa shape index (κ1) is 16.7. The van der Waals surface area contributed by atoms with Gasteiger partial charge in [0.1, 0.15) is 10.0 Å². The van der Waals surface area contributed by atoms with Crippen molar-refractivity contribution in [3.8, 4) is 0 Å². The predicted octanol–water partition coefficient (Wildman–Crippen LogP) is 2.37. The van der Waals surface area contributed by atoms with Crippen molar-refractivity contribution in [2.45, 2.75) is 11.1 Å². The topological polar surface area (TPSA) is 92.3 Å². The summed E-state index contributed by atoms with van der Waals surface area (Å²) in [5.41, 5.74) is -0.239. The smallest absolute Gasteiger partial charge is 0.271 e. The Labute approximate surface area is 132 Å². The van der Waals surface area contributed by atoms with Gasteiger partial charge in [-0.3, -0.25) is 9.44 Å². The van der Waals surface area contributed by atoms with E-state index >= 15 is 0 Å². The van der Waals surface area contributed by atoms with E-state index in [2.05, 4.69) is 9.44 Å². The van der Waals surface area contributed by atoms with Crippen LogP contribution in [0.4, 0.5) is 15.8 Å². The average Bonchev–Trinajstić information content (AvgIpc) is 2.78. The molecule has 0 aliphatic rings. The lowest BCUT2D eigenvalue weighted by Crippen LogP contribution is -2.16. The number of thiophene rings is 1. The van der Waals surface area contributed by atoms with Gasteiger partial charge >= 0.3 is 0 Å². The molecular weight excluding hydrogens is 351 g/mol. The van der Waals surface area contributed by atoms with Gasteiger partial charge < -0.3 is 0 Å². The van der Waals surface area contributed by atoms with Crippen LogP contribution in [0.2, 0.25) is 0 Å². The number of sulfonamides is 2. The molecule has 1 heterocycles. The van der Waals surface area contributed by atoms with Crippen LogP contribution in [0.15, 0.2) is 34.5 Å². The van der Waals surface area contributed by atoms with Crippen molar-refractivity contribution in [2.75, 3.05) is 15.7 Å². The Bertz CT molecular complexity index is 904. The molecular formula is C12H13FN2O4S3. The normalized spacial score (nSPS) is 12.1. The Balaban J connectivity index is 2.42. The van der Waals surface area contributed by atoms with Gasteiger partial charge in [-0.15, -0.1) is 11.3 Å². The number of hydrogen-bond donors (Lipinski definition) is 2. The van der Waals surface area contributed by atoms with E-state index in [0.29, 0.717) is 0 Å². The second-order valence-electron chi connectivity index (χ2n) is 4.53. The monoisotopic (exact) mass is 364 g/mol. The van der Waals surface area contributed by atoms with Crippen LogP contribution >= 0.6 is 11.3 Å². The lowest BCUT2D eigenvalue weighted by Gasteiger charge is -2.12. The maximum atomic E-state index is 13.4. The van der Waals surface area contributed by atoms with Gasteiger partial charge in [-0.1, -0.05) is 0 Å². The molecule has 1 aromatic carbocycles. The maximum Gasteiger partial charge on any atom is 0.271 e. The minimum Gasteiger partial charge on any atom is -0.282 e. The van der Waals surface area contributed by atoms with E-state index in [1.807, 2.05) is 0 Å². The van der Waals surface area contributed by atoms with Crippen LogP contribution in [-0.2, 0) is 20.0 Å². The molecule has 0 bridgehead atoms. The molecule has 6 nitrogen and oxygen atoms in total. The molecule has 2 rings (SSSR count). The van der Waals surface area contributed by atoms with Gasteiger partial charge in [-0.25, -0.2) is 21.2 Å². The van der Waals surface area contributed by atoms with Gasteiger partial charge in [0.15, 0.2) is 0 Å². The largest absolute Gasteiger partial charge is 0.282 e. The van der Waals surface area contributed by atoms with Crippen molar-refractivity contribution in [3.05, 3.63) is 41.0 Å². The number of nitrogens with one attached hydrogen (secondary N) is 2. The first-order valence-electron chi connectivity index (χ1n) is 5.93. The number of hydrogen-bond acceptors (Lipinski definition) is 5. The summed E-state index contributed by atoms with van der Waals surface area (Å²) in [4.78, 5) is 0.800. The zero-order valence-corrected chi connectivity index (χ0v) is 14.1. The fourth-order valence-corrected chi connectivity index (χ4v) is 4.57. The maximum absolute atomic E-state index is 13.4. The summed E-state index contributed by atoms with van der Waals surface area (Å²) >= 11 is 1.05. The summed E-state index contributed by atoms with van der Waals surface area (Å²) < 4.78 is 64.8. The minimum atomic E-state index is -3.92. The number of halogens is 1. The Hall–Kier alpha value is -1.65. The molecule has 0 spiro atoms. The van der Waals surface area contributed by atoms with Crippen LogP contribution in [0.1, 0.15) is 4.88 Å². The molecule has 10 heteroatoms. The Morgan fingerprint density at radius 3 is 2.23 bits per heavy atom. The molecule has 120 valence electrons. The highest BCUT2D eigenvalue weighted by Gasteiger charge is 2.19. The molecule has 0 saturated carbocycles. The first-order chi connectivity index (χ1) is 10.1. The van der Waals surface area contributed by atoms with Crippen LogP contribution in [0.5, 0.6) is 0 Å². The van der Waals surface area contributed by atoms with E-state index in [-0.39, 0.29) is 15.6 Å². The summed E-state index contributed by atoms with van der Waals surface area (Å²) in [5.74, 6) is -0.695. The second kappa shape index (κ2) is 5.86. The van der Waals surface area contributed by atoms with Gasteiger partial charge in [0, 0.05) is 10.9 Å². The Kier molecular flexibility index (Phi) is 4.45. The Morgan fingerprint density at radius 2 is 1.68 bits per heavy atom. The van der Waals surface area contributed by atoms with Crippen LogP contribution in [0.3, 0.4) is 0 Å². The number of benzene rings is 1. The molecule has 0 atom stereocenters. The van der Waals surface area contributed by atoms with E-state index < -0.39 is 25.9 Å². The lowest BCUT2D eigenvalue weighted by atomic mass is 10.3. The zero-order chi connectivity index (χ0) is 16.5. The highest BCUT2D eigenvalue weighted by molar-refractivity contribution is 7.94. The van der Waals surface area contributed by atoms with Crippen molar-refractivity contribution in [2.24, 2.45) is 0 Å². The van der Waals surface area contributed by atoms with Gasteiger partial charge in [0.25, 0.3) is 10.0 Å². The van der Waals surface area contributed by atoms with Crippen molar-refractivity contribution >= 4 is 42.8 Å². The van der Waals surface area contributed by atoms with Crippen molar-refractivity contribution in [1.82, 2.24) is 0 Å². The minimum absolute atomic E-state index is 0.0549. The number of aryl methyl sites for hydroxylation is 1. The average molecular weight is 364 g/mol. The SMILES string of the molecule is Cc1ccc(S(=O)(=O)Nc2cc(F)ccc2NS(C)(=O)=O)s1. The third-order valence-electron chi connectivity index (χ3n) is 2.50. The van der Waals surface area contributed by atoms with E-state index in [0.717, 1.165) is 40.7 Å². The van der Waals surface area contributed by atoms with Crippen LogP contribution in [0.25, 0.3) is 0 Å². The van der Waals surface area contributed by atoms with Gasteiger partial charge in [-0.2, -0.15) is 0 Å². The molecule has 0 unspecified atom stereocenters. The fourth-order valence-electron chi connectivity index (χ4n) is 1.64. The summed E-state index contributed by atoms with van der Waals surface area (Å²) in [6.07, 6.45) is 0.914. The number of anilines is 2. The molecule has 0 saturated heterocycles. The highest BCUT2D eigenvalue weighted by Crippen LogP contribution is 2.28. The molecule has 0 aliphatic heterocycles. The van der Waals surface area contributed by atoms with E-state index in [4.69, 9.17) is 0 Å². The van der Waals surface area contributed by atoms with Crippen LogP contribution < -0.4 is 9.44 Å².